The zero-order valence-corrected chi connectivity index (χ0v) is 13.2. The molecule has 0 fully saturated rings. The average Bonchev–Trinajstić information content (AvgIpc) is 2.53. The fourth-order valence-electron chi connectivity index (χ4n) is 1.91. The Morgan fingerprint density at radius 3 is 2.33 bits per heavy atom. The maximum Gasteiger partial charge on any atom is 0.422 e. The normalized spacial score (nSPS) is 11.4. The second-order valence-electron chi connectivity index (χ2n) is 5.52. The monoisotopic (exact) mass is 338 g/mol. The third-order valence-corrected chi connectivity index (χ3v) is 3.22. The second kappa shape index (κ2) is 7.33. The van der Waals surface area contributed by atoms with Crippen LogP contribution in [0.1, 0.15) is 35.7 Å². The molecule has 0 unspecified atom stereocenters. The Balaban J connectivity index is 1.97. The molecule has 2 aromatic rings. The molecular formula is C17H17F3N2O2. The van der Waals surface area contributed by atoms with E-state index < -0.39 is 18.7 Å². The Bertz CT molecular complexity index is 680. The van der Waals surface area contributed by atoms with Crippen molar-refractivity contribution in [1.82, 2.24) is 4.98 Å². The first-order valence-corrected chi connectivity index (χ1v) is 7.31. The van der Waals surface area contributed by atoms with Crippen molar-refractivity contribution in [2.24, 2.45) is 0 Å². The van der Waals surface area contributed by atoms with Crippen LogP contribution in [0.3, 0.4) is 0 Å². The summed E-state index contributed by atoms with van der Waals surface area (Å²) in [5.41, 5.74) is 2.00. The molecule has 1 aromatic carbocycles. The third-order valence-electron chi connectivity index (χ3n) is 3.22. The van der Waals surface area contributed by atoms with Gasteiger partial charge in [-0.15, -0.1) is 0 Å². The van der Waals surface area contributed by atoms with Gasteiger partial charge in [0.25, 0.3) is 5.91 Å². The summed E-state index contributed by atoms with van der Waals surface area (Å²) in [6.07, 6.45) is -3.26. The smallest absolute Gasteiger partial charge is 0.422 e. The topological polar surface area (TPSA) is 51.2 Å². The van der Waals surface area contributed by atoms with Gasteiger partial charge in [-0.3, -0.25) is 4.79 Å². The lowest BCUT2D eigenvalue weighted by Gasteiger charge is -2.10. The zero-order valence-electron chi connectivity index (χ0n) is 13.2. The Kier molecular flexibility index (Phi) is 5.43. The van der Waals surface area contributed by atoms with Crippen LogP contribution in [0.25, 0.3) is 0 Å². The number of alkyl halides is 3. The first-order valence-electron chi connectivity index (χ1n) is 7.31. The van der Waals surface area contributed by atoms with Gasteiger partial charge in [-0.2, -0.15) is 13.2 Å². The molecule has 0 saturated carbocycles. The third kappa shape index (κ3) is 5.26. The van der Waals surface area contributed by atoms with Gasteiger partial charge in [0.1, 0.15) is 0 Å². The van der Waals surface area contributed by atoms with Crippen LogP contribution in [-0.4, -0.2) is 23.7 Å². The molecule has 0 saturated heterocycles. The molecular weight excluding hydrogens is 321 g/mol. The first kappa shape index (κ1) is 17.8. The summed E-state index contributed by atoms with van der Waals surface area (Å²) >= 11 is 0. The molecule has 0 aliphatic carbocycles. The van der Waals surface area contributed by atoms with Crippen LogP contribution in [0.5, 0.6) is 5.88 Å². The number of carbonyl (C=O) groups excluding carboxylic acids is 1. The van der Waals surface area contributed by atoms with E-state index in [2.05, 4.69) is 28.9 Å². The molecule has 0 bridgehead atoms. The van der Waals surface area contributed by atoms with Crippen LogP contribution in [0.4, 0.5) is 18.9 Å². The van der Waals surface area contributed by atoms with Crippen molar-refractivity contribution in [3.8, 4) is 5.88 Å². The lowest BCUT2D eigenvalue weighted by molar-refractivity contribution is -0.154. The number of hydrogen-bond donors (Lipinski definition) is 1. The summed E-state index contributed by atoms with van der Waals surface area (Å²) in [4.78, 5) is 15.8. The number of halogens is 3. The number of amides is 1. The molecule has 1 aromatic heterocycles. The van der Waals surface area contributed by atoms with E-state index in [-0.39, 0.29) is 11.4 Å². The molecule has 24 heavy (non-hydrogen) atoms. The minimum absolute atomic E-state index is 0.190. The lowest BCUT2D eigenvalue weighted by Crippen LogP contribution is -2.19. The summed E-state index contributed by atoms with van der Waals surface area (Å²) in [5, 5.41) is 2.70. The average molecular weight is 338 g/mol. The van der Waals surface area contributed by atoms with Crippen molar-refractivity contribution in [1.29, 1.82) is 0 Å². The molecule has 1 amide bonds. The molecule has 1 N–H and O–H groups in total. The summed E-state index contributed by atoms with van der Waals surface area (Å²) in [7, 11) is 0. The van der Waals surface area contributed by atoms with Gasteiger partial charge >= 0.3 is 6.18 Å². The van der Waals surface area contributed by atoms with Gasteiger partial charge in [0.2, 0.25) is 5.88 Å². The summed E-state index contributed by atoms with van der Waals surface area (Å²) < 4.78 is 40.6. The van der Waals surface area contributed by atoms with E-state index in [1.54, 1.807) is 12.1 Å². The van der Waals surface area contributed by atoms with Crippen molar-refractivity contribution in [2.75, 3.05) is 11.9 Å². The zero-order chi connectivity index (χ0) is 17.7. The van der Waals surface area contributed by atoms with E-state index in [9.17, 15) is 18.0 Å². The molecule has 0 radical (unpaired) electrons. The quantitative estimate of drug-likeness (QED) is 0.879. The van der Waals surface area contributed by atoms with Crippen LogP contribution < -0.4 is 10.1 Å². The van der Waals surface area contributed by atoms with Gasteiger partial charge in [-0.05, 0) is 29.7 Å². The number of nitrogens with one attached hydrogen (secondary N) is 1. The maximum atomic E-state index is 12.1. The molecule has 0 spiro atoms. The van der Waals surface area contributed by atoms with Gasteiger partial charge in [-0.1, -0.05) is 26.0 Å². The number of rotatable bonds is 5. The highest BCUT2D eigenvalue weighted by Crippen LogP contribution is 2.19. The highest BCUT2D eigenvalue weighted by atomic mass is 19.4. The molecule has 7 heteroatoms. The summed E-state index contributed by atoms with van der Waals surface area (Å²) in [5.74, 6) is -0.199. The molecule has 4 nitrogen and oxygen atoms in total. The molecule has 0 aliphatic rings. The number of anilines is 1. The molecule has 0 aliphatic heterocycles. The number of pyridine rings is 1. The highest BCUT2D eigenvalue weighted by Gasteiger charge is 2.28. The van der Waals surface area contributed by atoms with Crippen molar-refractivity contribution < 1.29 is 22.7 Å². The van der Waals surface area contributed by atoms with Crippen molar-refractivity contribution >= 4 is 11.6 Å². The number of hydrogen-bond acceptors (Lipinski definition) is 3. The number of nitrogens with zero attached hydrogens (tertiary/aromatic N) is 1. The predicted octanol–water partition coefficient (Wildman–Crippen LogP) is 4.40. The number of benzene rings is 1. The number of aromatic nitrogens is 1. The Hall–Kier alpha value is -2.57. The minimum Gasteiger partial charge on any atom is -0.468 e. The number of ether oxygens (including phenoxy) is 1. The van der Waals surface area contributed by atoms with Crippen molar-refractivity contribution in [3.05, 3.63) is 53.7 Å². The van der Waals surface area contributed by atoms with E-state index >= 15 is 0 Å². The van der Waals surface area contributed by atoms with Crippen LogP contribution in [0.15, 0.2) is 42.6 Å². The van der Waals surface area contributed by atoms with Crippen LogP contribution >= 0.6 is 0 Å². The first-order chi connectivity index (χ1) is 11.2. The molecule has 128 valence electrons. The van der Waals surface area contributed by atoms with E-state index in [1.807, 2.05) is 12.1 Å². The van der Waals surface area contributed by atoms with Gasteiger partial charge in [0.15, 0.2) is 6.61 Å². The minimum atomic E-state index is -4.43. The van der Waals surface area contributed by atoms with Crippen molar-refractivity contribution in [2.45, 2.75) is 25.9 Å². The molecule has 2 rings (SSSR count). The number of carbonyl (C=O) groups is 1. The fourth-order valence-corrected chi connectivity index (χ4v) is 1.91. The van der Waals surface area contributed by atoms with Crippen LogP contribution in [0, 0.1) is 0 Å². The Morgan fingerprint density at radius 2 is 1.83 bits per heavy atom. The van der Waals surface area contributed by atoms with Gasteiger partial charge < -0.3 is 10.1 Å². The van der Waals surface area contributed by atoms with Crippen LogP contribution in [-0.2, 0) is 0 Å². The van der Waals surface area contributed by atoms with Gasteiger partial charge in [0.05, 0.1) is 5.56 Å². The Labute approximate surface area is 137 Å². The van der Waals surface area contributed by atoms with Crippen molar-refractivity contribution in [3.63, 3.8) is 0 Å². The SMILES string of the molecule is CC(C)c1ccc(NC(=O)c2ccc(OCC(F)(F)F)nc2)cc1. The van der Waals surface area contributed by atoms with E-state index in [0.717, 1.165) is 5.56 Å². The Morgan fingerprint density at radius 1 is 1.17 bits per heavy atom. The fraction of sp³-hybridized carbons (Fsp3) is 0.294. The van der Waals surface area contributed by atoms with Crippen LogP contribution in [0.2, 0.25) is 0 Å². The molecule has 1 heterocycles. The maximum absolute atomic E-state index is 12.1. The van der Waals surface area contributed by atoms with Gasteiger partial charge in [-0.25, -0.2) is 4.98 Å². The summed E-state index contributed by atoms with van der Waals surface area (Å²) in [6.45, 7) is 2.72. The van der Waals surface area contributed by atoms with E-state index in [1.165, 1.54) is 18.3 Å². The standard InChI is InChI=1S/C17H17F3N2O2/c1-11(2)12-3-6-14(7-4-12)22-16(23)13-5-8-15(21-9-13)24-10-17(18,19)20/h3-9,11H,10H2,1-2H3,(H,22,23). The summed E-state index contributed by atoms with van der Waals surface area (Å²) in [6, 6.07) is 10.0. The predicted molar refractivity (Wildman–Crippen MR) is 84.3 cm³/mol. The molecule has 0 atom stereocenters. The van der Waals surface area contributed by atoms with E-state index in [0.29, 0.717) is 11.6 Å². The lowest BCUT2D eigenvalue weighted by atomic mass is 10.0. The second-order valence-corrected chi connectivity index (χ2v) is 5.52. The van der Waals surface area contributed by atoms with E-state index in [4.69, 9.17) is 0 Å². The van der Waals surface area contributed by atoms with Gasteiger partial charge in [0, 0.05) is 18.0 Å². The highest BCUT2D eigenvalue weighted by molar-refractivity contribution is 6.04. The largest absolute Gasteiger partial charge is 0.468 e.